The predicted molar refractivity (Wildman–Crippen MR) is 81.7 cm³/mol. The lowest BCUT2D eigenvalue weighted by atomic mass is 9.81. The lowest BCUT2D eigenvalue weighted by Gasteiger charge is -2.19. The highest BCUT2D eigenvalue weighted by Crippen LogP contribution is 2.37. The summed E-state index contributed by atoms with van der Waals surface area (Å²) in [6, 6.07) is 0.586. The lowest BCUT2D eigenvalue weighted by Crippen LogP contribution is -2.40. The second-order valence-electron chi connectivity index (χ2n) is 6.97. The third-order valence-corrected chi connectivity index (χ3v) is 5.56. The first-order valence-corrected chi connectivity index (χ1v) is 8.86. The van der Waals surface area contributed by atoms with E-state index < -0.39 is 0 Å². The van der Waals surface area contributed by atoms with Crippen LogP contribution in [0.3, 0.4) is 0 Å². The normalized spacial score (nSPS) is 31.3. The minimum absolute atomic E-state index is 0.00382. The third kappa shape index (κ3) is 3.31. The van der Waals surface area contributed by atoms with Crippen LogP contribution >= 0.6 is 0 Å². The molecule has 1 N–H and O–H groups in total. The number of hydrogen-bond donors (Lipinski definition) is 1. The summed E-state index contributed by atoms with van der Waals surface area (Å²) in [6.07, 6.45) is 11.9. The Morgan fingerprint density at radius 3 is 1.90 bits per heavy atom. The molecule has 4 nitrogen and oxygen atoms in total. The average molecular weight is 292 g/mol. The van der Waals surface area contributed by atoms with Gasteiger partial charge in [0.05, 0.1) is 11.8 Å². The molecule has 4 heteroatoms. The quantitative estimate of drug-likeness (QED) is 0.639. The van der Waals surface area contributed by atoms with Gasteiger partial charge in [-0.2, -0.15) is 0 Å². The monoisotopic (exact) mass is 292 g/mol. The van der Waals surface area contributed by atoms with Crippen molar-refractivity contribution in [3.63, 3.8) is 0 Å². The van der Waals surface area contributed by atoms with Gasteiger partial charge < -0.3 is 5.32 Å². The molecule has 2 aliphatic carbocycles. The summed E-state index contributed by atoms with van der Waals surface area (Å²) in [5.74, 6) is 0.216. The first-order chi connectivity index (χ1) is 10.3. The molecule has 2 saturated carbocycles. The van der Waals surface area contributed by atoms with Crippen molar-refractivity contribution < 1.29 is 9.59 Å². The number of carbonyl (C=O) groups excluding carboxylic acids is 2. The fraction of sp³-hybridized carbons (Fsp3) is 0.882. The van der Waals surface area contributed by atoms with E-state index >= 15 is 0 Å². The molecule has 0 aromatic carbocycles. The highest BCUT2D eigenvalue weighted by atomic mass is 16.2. The first-order valence-electron chi connectivity index (χ1n) is 8.86. The van der Waals surface area contributed by atoms with Crippen molar-refractivity contribution in [2.24, 2.45) is 11.8 Å². The Morgan fingerprint density at radius 2 is 1.33 bits per heavy atom. The Kier molecular flexibility index (Phi) is 4.94. The fourth-order valence-electron chi connectivity index (χ4n) is 4.32. The van der Waals surface area contributed by atoms with Gasteiger partial charge in [0.1, 0.15) is 0 Å². The zero-order valence-corrected chi connectivity index (χ0v) is 13.0. The summed E-state index contributed by atoms with van der Waals surface area (Å²) in [4.78, 5) is 26.3. The van der Waals surface area contributed by atoms with Crippen molar-refractivity contribution in [1.82, 2.24) is 10.2 Å². The number of rotatable bonds is 4. The van der Waals surface area contributed by atoms with Gasteiger partial charge in [-0.25, -0.2) is 0 Å². The van der Waals surface area contributed by atoms with Crippen LogP contribution in [0.5, 0.6) is 0 Å². The van der Waals surface area contributed by atoms with Gasteiger partial charge >= 0.3 is 0 Å². The van der Waals surface area contributed by atoms with E-state index in [2.05, 4.69) is 5.32 Å². The fourth-order valence-corrected chi connectivity index (χ4v) is 4.32. The van der Waals surface area contributed by atoms with E-state index in [0.717, 1.165) is 32.2 Å². The number of amides is 2. The van der Waals surface area contributed by atoms with Crippen LogP contribution in [0, 0.1) is 11.8 Å². The minimum Gasteiger partial charge on any atom is -0.312 e. The molecule has 1 aliphatic heterocycles. The number of fused-ring (bicyclic) bond motifs is 1. The van der Waals surface area contributed by atoms with Crippen LogP contribution < -0.4 is 5.32 Å². The van der Waals surface area contributed by atoms with E-state index in [9.17, 15) is 9.59 Å². The molecule has 0 spiro atoms. The average Bonchev–Trinajstić information content (AvgIpc) is 2.70. The molecule has 0 aromatic heterocycles. The predicted octanol–water partition coefficient (Wildman–Crippen LogP) is 2.47. The maximum absolute atomic E-state index is 12.4. The zero-order chi connectivity index (χ0) is 14.7. The Bertz CT molecular complexity index is 364. The summed E-state index contributed by atoms with van der Waals surface area (Å²) in [7, 11) is 0. The van der Waals surface area contributed by atoms with E-state index in [-0.39, 0.29) is 23.7 Å². The van der Waals surface area contributed by atoms with Crippen molar-refractivity contribution in [2.75, 3.05) is 13.1 Å². The van der Waals surface area contributed by atoms with Gasteiger partial charge in [-0.1, -0.05) is 38.5 Å². The summed E-state index contributed by atoms with van der Waals surface area (Å²) < 4.78 is 0. The topological polar surface area (TPSA) is 49.4 Å². The molecule has 21 heavy (non-hydrogen) atoms. The van der Waals surface area contributed by atoms with Crippen molar-refractivity contribution >= 4 is 11.8 Å². The summed E-state index contributed by atoms with van der Waals surface area (Å²) >= 11 is 0. The van der Waals surface area contributed by atoms with E-state index in [4.69, 9.17) is 0 Å². The van der Waals surface area contributed by atoms with Crippen LogP contribution in [0.1, 0.15) is 64.2 Å². The largest absolute Gasteiger partial charge is 0.312 e. The van der Waals surface area contributed by atoms with Gasteiger partial charge in [-0.3, -0.25) is 14.5 Å². The van der Waals surface area contributed by atoms with Gasteiger partial charge in [-0.15, -0.1) is 0 Å². The van der Waals surface area contributed by atoms with Crippen LogP contribution in [-0.4, -0.2) is 35.8 Å². The van der Waals surface area contributed by atoms with E-state index in [1.807, 2.05) is 0 Å². The smallest absolute Gasteiger partial charge is 0.233 e. The summed E-state index contributed by atoms with van der Waals surface area (Å²) in [6.45, 7) is 1.34. The second kappa shape index (κ2) is 6.91. The van der Waals surface area contributed by atoms with E-state index in [0.29, 0.717) is 12.6 Å². The highest BCUT2D eigenvalue weighted by molar-refractivity contribution is 6.05. The summed E-state index contributed by atoms with van der Waals surface area (Å²) in [5.41, 5.74) is 0. The number of carbonyl (C=O) groups is 2. The van der Waals surface area contributed by atoms with Crippen LogP contribution in [-0.2, 0) is 9.59 Å². The first kappa shape index (κ1) is 15.0. The van der Waals surface area contributed by atoms with Gasteiger partial charge in [0.2, 0.25) is 11.8 Å². The Morgan fingerprint density at radius 1 is 0.810 bits per heavy atom. The van der Waals surface area contributed by atoms with Crippen molar-refractivity contribution in [3.8, 4) is 0 Å². The lowest BCUT2D eigenvalue weighted by molar-refractivity contribution is -0.139. The molecular formula is C17H28N2O2. The third-order valence-electron chi connectivity index (χ3n) is 5.56. The van der Waals surface area contributed by atoms with Crippen molar-refractivity contribution in [2.45, 2.75) is 70.3 Å². The van der Waals surface area contributed by atoms with Crippen LogP contribution in [0.15, 0.2) is 0 Å². The van der Waals surface area contributed by atoms with Crippen molar-refractivity contribution in [3.05, 3.63) is 0 Å². The Hall–Kier alpha value is -0.900. The number of hydrogen-bond acceptors (Lipinski definition) is 3. The standard InChI is InChI=1S/C17H28N2O2/c20-16-14-9-5-6-10-15(14)17(21)19(16)12-11-18-13-7-3-1-2-4-8-13/h13-15,18H,1-12H2. The van der Waals surface area contributed by atoms with Crippen molar-refractivity contribution in [1.29, 1.82) is 0 Å². The highest BCUT2D eigenvalue weighted by Gasteiger charge is 2.47. The Labute approximate surface area is 127 Å². The molecular weight excluding hydrogens is 264 g/mol. The van der Waals surface area contributed by atoms with E-state index in [1.165, 1.54) is 38.5 Å². The molecule has 0 aromatic rings. The number of nitrogens with zero attached hydrogens (tertiary/aromatic N) is 1. The second-order valence-corrected chi connectivity index (χ2v) is 6.97. The molecule has 1 heterocycles. The van der Waals surface area contributed by atoms with Gasteiger partial charge in [0, 0.05) is 19.1 Å². The molecule has 0 bridgehead atoms. The van der Waals surface area contributed by atoms with Crippen LogP contribution in [0.4, 0.5) is 0 Å². The maximum atomic E-state index is 12.4. The molecule has 2 atom stereocenters. The molecule has 1 saturated heterocycles. The summed E-state index contributed by atoms with van der Waals surface area (Å²) in [5, 5.41) is 3.56. The van der Waals surface area contributed by atoms with Gasteiger partial charge in [0.15, 0.2) is 0 Å². The van der Waals surface area contributed by atoms with Gasteiger partial charge in [0.25, 0.3) is 0 Å². The minimum atomic E-state index is 0.00382. The maximum Gasteiger partial charge on any atom is 0.233 e. The molecule has 3 rings (SSSR count). The molecule has 0 radical (unpaired) electrons. The van der Waals surface area contributed by atoms with Crippen LogP contribution in [0.25, 0.3) is 0 Å². The zero-order valence-electron chi connectivity index (χ0n) is 13.0. The molecule has 3 aliphatic rings. The molecule has 2 amide bonds. The number of likely N-dealkylation sites (tertiary alicyclic amines) is 1. The molecule has 118 valence electrons. The Balaban J connectivity index is 1.48. The number of nitrogens with one attached hydrogen (secondary N) is 1. The molecule has 3 fully saturated rings. The number of imide groups is 1. The van der Waals surface area contributed by atoms with Crippen LogP contribution in [0.2, 0.25) is 0 Å². The van der Waals surface area contributed by atoms with E-state index in [1.54, 1.807) is 4.90 Å². The molecule has 2 unspecified atom stereocenters. The van der Waals surface area contributed by atoms with Gasteiger partial charge in [-0.05, 0) is 25.7 Å². The SMILES string of the molecule is O=C1C2CCCCC2C(=O)N1CCNC1CCCCCC1.